The Balaban J connectivity index is 2.48. The van der Waals surface area contributed by atoms with Gasteiger partial charge in [-0.25, -0.2) is 4.68 Å². The fraction of sp³-hybridized carbons (Fsp3) is 0.182. The number of anilines is 1. The summed E-state index contributed by atoms with van der Waals surface area (Å²) in [5.74, 6) is 0.671. The fourth-order valence-corrected chi connectivity index (χ4v) is 1.82. The molecule has 0 aliphatic carbocycles. The van der Waals surface area contributed by atoms with E-state index in [1.165, 1.54) is 0 Å². The van der Waals surface area contributed by atoms with Crippen molar-refractivity contribution in [1.82, 2.24) is 9.78 Å². The van der Waals surface area contributed by atoms with E-state index in [4.69, 9.17) is 5.73 Å². The van der Waals surface area contributed by atoms with E-state index in [-0.39, 0.29) is 0 Å². The van der Waals surface area contributed by atoms with Crippen LogP contribution in [0.25, 0.3) is 5.69 Å². The third kappa shape index (κ3) is 2.04. The number of nitrogens with two attached hydrogens (primary N) is 1. The zero-order valence-electron chi connectivity index (χ0n) is 8.44. The van der Waals surface area contributed by atoms with Crippen LogP contribution in [0.1, 0.15) is 12.6 Å². The summed E-state index contributed by atoms with van der Waals surface area (Å²) in [5, 5.41) is 4.41. The number of benzene rings is 1. The molecule has 0 aliphatic heterocycles. The molecule has 3 nitrogen and oxygen atoms in total. The Hall–Kier alpha value is -1.29. The van der Waals surface area contributed by atoms with Crippen molar-refractivity contribution in [2.45, 2.75) is 13.3 Å². The first-order valence-electron chi connectivity index (χ1n) is 4.81. The molecule has 4 heteroatoms. The van der Waals surface area contributed by atoms with Crippen LogP contribution in [0.3, 0.4) is 0 Å². The molecule has 78 valence electrons. The predicted molar refractivity (Wildman–Crippen MR) is 65.1 cm³/mol. The minimum absolute atomic E-state index is 0.671. The van der Waals surface area contributed by atoms with E-state index < -0.39 is 0 Å². The Morgan fingerprint density at radius 3 is 2.80 bits per heavy atom. The van der Waals surface area contributed by atoms with E-state index in [0.29, 0.717) is 5.82 Å². The normalized spacial score (nSPS) is 10.5. The third-order valence-electron chi connectivity index (χ3n) is 2.20. The summed E-state index contributed by atoms with van der Waals surface area (Å²) in [6.45, 7) is 2.06. The lowest BCUT2D eigenvalue weighted by molar-refractivity contribution is 0.848. The number of nitrogen functional groups attached to an aromatic ring is 1. The molecule has 2 rings (SSSR count). The Morgan fingerprint density at radius 2 is 2.20 bits per heavy atom. The molecule has 0 saturated heterocycles. The largest absolute Gasteiger partial charge is 0.384 e. The number of hydrogen-bond donors (Lipinski definition) is 1. The number of rotatable bonds is 2. The highest BCUT2D eigenvalue weighted by molar-refractivity contribution is 9.10. The van der Waals surface area contributed by atoms with Gasteiger partial charge in [-0.3, -0.25) is 0 Å². The van der Waals surface area contributed by atoms with Crippen molar-refractivity contribution < 1.29 is 0 Å². The number of nitrogens with zero attached hydrogens (tertiary/aromatic N) is 2. The number of aryl methyl sites for hydroxylation is 1. The van der Waals surface area contributed by atoms with Gasteiger partial charge in [0.2, 0.25) is 0 Å². The topological polar surface area (TPSA) is 43.8 Å². The lowest BCUT2D eigenvalue weighted by atomic mass is 10.3. The van der Waals surface area contributed by atoms with Gasteiger partial charge in [0.1, 0.15) is 5.82 Å². The highest BCUT2D eigenvalue weighted by Crippen LogP contribution is 2.18. The molecule has 0 amide bonds. The molecule has 0 radical (unpaired) electrons. The molecular formula is C11H12BrN3. The smallest absolute Gasteiger partial charge is 0.127 e. The Morgan fingerprint density at radius 1 is 1.40 bits per heavy atom. The lowest BCUT2D eigenvalue weighted by Gasteiger charge is -2.03. The van der Waals surface area contributed by atoms with E-state index in [1.54, 1.807) is 4.68 Å². The summed E-state index contributed by atoms with van der Waals surface area (Å²) in [6.07, 6.45) is 0.894. The molecule has 0 saturated carbocycles. The van der Waals surface area contributed by atoms with Crippen LogP contribution in [0.2, 0.25) is 0 Å². The van der Waals surface area contributed by atoms with Crippen LogP contribution in [-0.2, 0) is 6.42 Å². The maximum Gasteiger partial charge on any atom is 0.127 e. The zero-order valence-corrected chi connectivity index (χ0v) is 10.0. The first-order chi connectivity index (χ1) is 7.20. The summed E-state index contributed by atoms with van der Waals surface area (Å²) in [7, 11) is 0. The highest BCUT2D eigenvalue weighted by Gasteiger charge is 2.05. The third-order valence-corrected chi connectivity index (χ3v) is 2.70. The molecule has 0 unspecified atom stereocenters. The van der Waals surface area contributed by atoms with Crippen LogP contribution in [0, 0.1) is 0 Å². The Kier molecular flexibility index (Phi) is 2.77. The van der Waals surface area contributed by atoms with Crippen molar-refractivity contribution in [2.24, 2.45) is 0 Å². The molecule has 1 aromatic carbocycles. The van der Waals surface area contributed by atoms with Crippen molar-refractivity contribution >= 4 is 21.7 Å². The SMILES string of the molecule is CCc1cc(N)n(-c2cccc(Br)c2)n1. The molecular weight excluding hydrogens is 254 g/mol. The van der Waals surface area contributed by atoms with E-state index in [2.05, 4.69) is 28.0 Å². The molecule has 0 spiro atoms. The predicted octanol–water partition coefficient (Wildman–Crippen LogP) is 2.78. The molecule has 1 aromatic heterocycles. The fourth-order valence-electron chi connectivity index (χ4n) is 1.43. The van der Waals surface area contributed by atoms with Gasteiger partial charge in [-0.2, -0.15) is 5.10 Å². The van der Waals surface area contributed by atoms with Gasteiger partial charge in [-0.15, -0.1) is 0 Å². The summed E-state index contributed by atoms with van der Waals surface area (Å²) in [5.41, 5.74) is 7.86. The molecule has 2 N–H and O–H groups in total. The molecule has 2 aromatic rings. The summed E-state index contributed by atoms with van der Waals surface area (Å²) < 4.78 is 2.77. The van der Waals surface area contributed by atoms with Crippen molar-refractivity contribution in [1.29, 1.82) is 0 Å². The number of hydrogen-bond acceptors (Lipinski definition) is 2. The molecule has 15 heavy (non-hydrogen) atoms. The van der Waals surface area contributed by atoms with Crippen molar-refractivity contribution in [3.05, 3.63) is 40.5 Å². The van der Waals surface area contributed by atoms with Gasteiger partial charge in [0.05, 0.1) is 11.4 Å². The van der Waals surface area contributed by atoms with Gasteiger partial charge in [0.25, 0.3) is 0 Å². The first kappa shape index (κ1) is 10.2. The van der Waals surface area contributed by atoms with E-state index >= 15 is 0 Å². The van der Waals surface area contributed by atoms with Crippen LogP contribution in [0.4, 0.5) is 5.82 Å². The average Bonchev–Trinajstić information content (AvgIpc) is 2.60. The highest BCUT2D eigenvalue weighted by atomic mass is 79.9. The average molecular weight is 266 g/mol. The minimum Gasteiger partial charge on any atom is -0.384 e. The van der Waals surface area contributed by atoms with Crippen LogP contribution >= 0.6 is 15.9 Å². The van der Waals surface area contributed by atoms with Crippen molar-refractivity contribution in [2.75, 3.05) is 5.73 Å². The van der Waals surface area contributed by atoms with Crippen LogP contribution in [0.15, 0.2) is 34.8 Å². The number of halogens is 1. The summed E-state index contributed by atoms with van der Waals surface area (Å²) in [6, 6.07) is 9.81. The van der Waals surface area contributed by atoms with E-state index in [0.717, 1.165) is 22.3 Å². The van der Waals surface area contributed by atoms with Gasteiger partial charge in [-0.05, 0) is 24.6 Å². The van der Waals surface area contributed by atoms with Gasteiger partial charge in [0, 0.05) is 10.5 Å². The standard InChI is InChI=1S/C11H12BrN3/c1-2-9-7-11(13)15(14-9)10-5-3-4-8(12)6-10/h3-7H,2,13H2,1H3. The zero-order chi connectivity index (χ0) is 10.8. The van der Waals surface area contributed by atoms with Gasteiger partial charge < -0.3 is 5.73 Å². The molecule has 0 fully saturated rings. The maximum absolute atomic E-state index is 5.88. The summed E-state index contributed by atoms with van der Waals surface area (Å²) in [4.78, 5) is 0. The van der Waals surface area contributed by atoms with E-state index in [9.17, 15) is 0 Å². The minimum atomic E-state index is 0.671. The second-order valence-corrected chi connectivity index (χ2v) is 4.22. The first-order valence-corrected chi connectivity index (χ1v) is 5.60. The molecule has 1 heterocycles. The van der Waals surface area contributed by atoms with Crippen LogP contribution < -0.4 is 5.73 Å². The van der Waals surface area contributed by atoms with Gasteiger partial charge in [-0.1, -0.05) is 28.9 Å². The second kappa shape index (κ2) is 4.06. The molecule has 0 bridgehead atoms. The number of aromatic nitrogens is 2. The quantitative estimate of drug-likeness (QED) is 0.908. The Bertz CT molecular complexity index is 476. The van der Waals surface area contributed by atoms with Crippen LogP contribution in [-0.4, -0.2) is 9.78 Å². The van der Waals surface area contributed by atoms with Crippen molar-refractivity contribution in [3.8, 4) is 5.69 Å². The molecule has 0 aliphatic rings. The van der Waals surface area contributed by atoms with Gasteiger partial charge >= 0.3 is 0 Å². The Labute approximate surface area is 97.0 Å². The monoisotopic (exact) mass is 265 g/mol. The van der Waals surface area contributed by atoms with Crippen molar-refractivity contribution in [3.63, 3.8) is 0 Å². The van der Waals surface area contributed by atoms with Crippen LogP contribution in [0.5, 0.6) is 0 Å². The molecule has 0 atom stereocenters. The summed E-state index contributed by atoms with van der Waals surface area (Å²) >= 11 is 3.43. The lowest BCUT2D eigenvalue weighted by Crippen LogP contribution is -2.01. The van der Waals surface area contributed by atoms with Gasteiger partial charge in [0.15, 0.2) is 0 Å². The second-order valence-electron chi connectivity index (χ2n) is 3.31. The maximum atomic E-state index is 5.88. The van der Waals surface area contributed by atoms with E-state index in [1.807, 2.05) is 30.3 Å².